The number of rotatable bonds is 4. The maximum absolute atomic E-state index is 11.9. The number of carbonyl (C=O) groups is 1. The molecule has 5 nitrogen and oxygen atoms in total. The molecule has 1 amide bonds. The molecule has 1 aromatic heterocycles. The zero-order valence-corrected chi connectivity index (χ0v) is 11.2. The normalized spacial score (nSPS) is 20.2. The van der Waals surface area contributed by atoms with E-state index < -0.39 is 0 Å². The van der Waals surface area contributed by atoms with E-state index in [1.807, 2.05) is 6.92 Å². The van der Waals surface area contributed by atoms with Crippen molar-refractivity contribution in [3.63, 3.8) is 0 Å². The third kappa shape index (κ3) is 3.48. The third-order valence-corrected chi connectivity index (χ3v) is 3.00. The van der Waals surface area contributed by atoms with Crippen LogP contribution in [-0.2, 0) is 11.3 Å². The minimum atomic E-state index is -0.142. The first-order valence-electron chi connectivity index (χ1n) is 5.90. The predicted molar refractivity (Wildman–Crippen MR) is 69.7 cm³/mol. The summed E-state index contributed by atoms with van der Waals surface area (Å²) in [5.41, 5.74) is 5.93. The molecule has 3 N–H and O–H groups in total. The molecule has 6 heteroatoms. The van der Waals surface area contributed by atoms with E-state index in [1.54, 1.807) is 6.07 Å². The minimum absolute atomic E-state index is 0. The molecule has 2 heterocycles. The van der Waals surface area contributed by atoms with Gasteiger partial charge in [0.2, 0.25) is 0 Å². The van der Waals surface area contributed by atoms with Gasteiger partial charge in [0.05, 0.1) is 24.3 Å². The number of hydrogen-bond donors (Lipinski definition) is 2. The fraction of sp³-hybridized carbons (Fsp3) is 0.583. The number of ether oxygens (including phenoxy) is 1. The van der Waals surface area contributed by atoms with Crippen LogP contribution in [0, 0.1) is 0 Å². The van der Waals surface area contributed by atoms with E-state index in [4.69, 9.17) is 14.9 Å². The van der Waals surface area contributed by atoms with Gasteiger partial charge in [0.15, 0.2) is 0 Å². The zero-order valence-electron chi connectivity index (χ0n) is 10.3. The van der Waals surface area contributed by atoms with Crippen molar-refractivity contribution in [2.24, 2.45) is 5.73 Å². The van der Waals surface area contributed by atoms with Crippen LogP contribution in [0.4, 0.5) is 0 Å². The van der Waals surface area contributed by atoms with Crippen LogP contribution in [-0.4, -0.2) is 24.7 Å². The third-order valence-electron chi connectivity index (χ3n) is 3.00. The van der Waals surface area contributed by atoms with Crippen LogP contribution in [0.2, 0.25) is 0 Å². The molecule has 0 radical (unpaired) electrons. The van der Waals surface area contributed by atoms with Crippen LogP contribution in [0.25, 0.3) is 0 Å². The lowest BCUT2D eigenvalue weighted by Gasteiger charge is -2.19. The number of nitrogens with two attached hydrogens (primary N) is 1. The smallest absolute Gasteiger partial charge is 0.254 e. The number of carbonyl (C=O) groups excluding carboxylic acids is 1. The molecule has 2 atom stereocenters. The van der Waals surface area contributed by atoms with Crippen LogP contribution in [0.5, 0.6) is 0 Å². The lowest BCUT2D eigenvalue weighted by Crippen LogP contribution is -2.40. The molecule has 1 aliphatic rings. The Kier molecular flexibility index (Phi) is 5.65. The monoisotopic (exact) mass is 274 g/mol. The van der Waals surface area contributed by atoms with E-state index in [9.17, 15) is 4.79 Å². The highest BCUT2D eigenvalue weighted by atomic mass is 35.5. The maximum atomic E-state index is 11.9. The molecule has 1 aromatic rings. The second kappa shape index (κ2) is 6.78. The summed E-state index contributed by atoms with van der Waals surface area (Å²) in [6.07, 6.45) is 3.62. The van der Waals surface area contributed by atoms with Crippen LogP contribution in [0.1, 0.15) is 35.9 Å². The standard InChI is InChI=1S/C12H18N2O3.ClH/c1-8(11-3-2-4-16-11)14-12(15)9-5-10(6-13)17-7-9;/h5,7-8,11H,2-4,6,13H2,1H3,(H,14,15);1H. The largest absolute Gasteiger partial charge is 0.467 e. The second-order valence-electron chi connectivity index (χ2n) is 4.32. The summed E-state index contributed by atoms with van der Waals surface area (Å²) in [7, 11) is 0. The van der Waals surface area contributed by atoms with Gasteiger partial charge in [-0.3, -0.25) is 4.79 Å². The van der Waals surface area contributed by atoms with Crippen molar-refractivity contribution in [1.29, 1.82) is 0 Å². The Labute approximate surface area is 112 Å². The van der Waals surface area contributed by atoms with Gasteiger partial charge in [-0.15, -0.1) is 12.4 Å². The van der Waals surface area contributed by atoms with E-state index >= 15 is 0 Å². The van der Waals surface area contributed by atoms with E-state index in [0.717, 1.165) is 19.4 Å². The molecular weight excluding hydrogens is 256 g/mol. The molecule has 102 valence electrons. The SMILES string of the molecule is CC(NC(=O)c1coc(CN)c1)C1CCCO1.Cl. The van der Waals surface area contributed by atoms with Gasteiger partial charge in [0, 0.05) is 6.61 Å². The van der Waals surface area contributed by atoms with Crippen molar-refractivity contribution in [2.75, 3.05) is 6.61 Å². The number of nitrogens with one attached hydrogen (secondary N) is 1. The van der Waals surface area contributed by atoms with Gasteiger partial charge in [-0.2, -0.15) is 0 Å². The second-order valence-corrected chi connectivity index (χ2v) is 4.32. The van der Waals surface area contributed by atoms with Gasteiger partial charge >= 0.3 is 0 Å². The molecule has 0 bridgehead atoms. The summed E-state index contributed by atoms with van der Waals surface area (Å²) in [5.74, 6) is 0.469. The average molecular weight is 275 g/mol. The highest BCUT2D eigenvalue weighted by molar-refractivity contribution is 5.94. The molecule has 0 saturated carbocycles. The number of furan rings is 1. The Morgan fingerprint density at radius 3 is 3.00 bits per heavy atom. The number of halogens is 1. The van der Waals surface area contributed by atoms with E-state index in [2.05, 4.69) is 5.32 Å². The number of hydrogen-bond acceptors (Lipinski definition) is 4. The Balaban J connectivity index is 0.00000162. The van der Waals surface area contributed by atoms with Crippen molar-refractivity contribution in [2.45, 2.75) is 38.5 Å². The molecule has 1 saturated heterocycles. The van der Waals surface area contributed by atoms with E-state index in [1.165, 1.54) is 6.26 Å². The minimum Gasteiger partial charge on any atom is -0.467 e. The summed E-state index contributed by atoms with van der Waals surface area (Å²) in [4.78, 5) is 11.9. The van der Waals surface area contributed by atoms with Gasteiger partial charge < -0.3 is 20.2 Å². The molecule has 0 spiro atoms. The summed E-state index contributed by atoms with van der Waals surface area (Å²) in [6, 6.07) is 1.68. The molecule has 2 rings (SSSR count). The summed E-state index contributed by atoms with van der Waals surface area (Å²) < 4.78 is 10.6. The molecule has 1 aliphatic heterocycles. The highest BCUT2D eigenvalue weighted by Crippen LogP contribution is 2.16. The Morgan fingerprint density at radius 1 is 1.67 bits per heavy atom. The van der Waals surface area contributed by atoms with E-state index in [0.29, 0.717) is 17.9 Å². The van der Waals surface area contributed by atoms with Gasteiger partial charge in [-0.25, -0.2) is 0 Å². The Hall–Kier alpha value is -1.04. The predicted octanol–water partition coefficient (Wildman–Crippen LogP) is 1.46. The van der Waals surface area contributed by atoms with Crippen LogP contribution in [0.15, 0.2) is 16.7 Å². The molecule has 0 aromatic carbocycles. The molecular formula is C12H19ClN2O3. The lowest BCUT2D eigenvalue weighted by atomic mass is 10.1. The molecule has 2 unspecified atom stereocenters. The van der Waals surface area contributed by atoms with Crippen molar-refractivity contribution >= 4 is 18.3 Å². The van der Waals surface area contributed by atoms with Gasteiger partial charge in [-0.05, 0) is 25.8 Å². The number of amides is 1. The molecule has 1 fully saturated rings. The fourth-order valence-corrected chi connectivity index (χ4v) is 1.99. The van der Waals surface area contributed by atoms with Crippen molar-refractivity contribution in [1.82, 2.24) is 5.32 Å². The quantitative estimate of drug-likeness (QED) is 0.871. The summed E-state index contributed by atoms with van der Waals surface area (Å²) in [5, 5.41) is 2.91. The Morgan fingerprint density at radius 2 is 2.44 bits per heavy atom. The fourth-order valence-electron chi connectivity index (χ4n) is 1.99. The first-order valence-corrected chi connectivity index (χ1v) is 5.90. The van der Waals surface area contributed by atoms with Gasteiger partial charge in [0.25, 0.3) is 5.91 Å². The maximum Gasteiger partial charge on any atom is 0.254 e. The van der Waals surface area contributed by atoms with Crippen LogP contribution >= 0.6 is 12.4 Å². The van der Waals surface area contributed by atoms with Crippen LogP contribution < -0.4 is 11.1 Å². The van der Waals surface area contributed by atoms with E-state index in [-0.39, 0.29) is 30.5 Å². The van der Waals surface area contributed by atoms with Crippen molar-refractivity contribution in [3.05, 3.63) is 23.7 Å². The van der Waals surface area contributed by atoms with Crippen LogP contribution in [0.3, 0.4) is 0 Å². The summed E-state index contributed by atoms with van der Waals surface area (Å²) in [6.45, 7) is 3.04. The average Bonchev–Trinajstić information content (AvgIpc) is 3.00. The van der Waals surface area contributed by atoms with Crippen molar-refractivity contribution < 1.29 is 13.9 Å². The van der Waals surface area contributed by atoms with Gasteiger partial charge in [0.1, 0.15) is 12.0 Å². The summed E-state index contributed by atoms with van der Waals surface area (Å²) >= 11 is 0. The first-order chi connectivity index (χ1) is 8.20. The lowest BCUT2D eigenvalue weighted by molar-refractivity contribution is 0.0712. The van der Waals surface area contributed by atoms with Gasteiger partial charge in [-0.1, -0.05) is 0 Å². The topological polar surface area (TPSA) is 77.5 Å². The zero-order chi connectivity index (χ0) is 12.3. The molecule has 0 aliphatic carbocycles. The Bertz CT molecular complexity index is 388. The van der Waals surface area contributed by atoms with Crippen molar-refractivity contribution in [3.8, 4) is 0 Å². The molecule has 18 heavy (non-hydrogen) atoms. The highest BCUT2D eigenvalue weighted by Gasteiger charge is 2.24. The first kappa shape index (κ1) is 15.0.